The molecule has 2 heterocycles. The molecule has 0 aliphatic carbocycles. The Morgan fingerprint density at radius 2 is 1.92 bits per heavy atom. The van der Waals surface area contributed by atoms with Crippen molar-refractivity contribution < 1.29 is 14.3 Å². The summed E-state index contributed by atoms with van der Waals surface area (Å²) in [6, 6.07) is 10.8. The van der Waals surface area contributed by atoms with Crippen LogP contribution in [0.3, 0.4) is 0 Å². The van der Waals surface area contributed by atoms with Crippen LogP contribution >= 0.6 is 0 Å². The first-order valence-corrected chi connectivity index (χ1v) is 7.61. The summed E-state index contributed by atoms with van der Waals surface area (Å²) >= 11 is 0. The minimum absolute atomic E-state index is 0.214. The average molecular weight is 326 g/mol. The van der Waals surface area contributed by atoms with Crippen LogP contribution in [0.2, 0.25) is 0 Å². The number of benzene rings is 1. The highest BCUT2D eigenvalue weighted by Gasteiger charge is 2.07. The highest BCUT2D eigenvalue weighted by Crippen LogP contribution is 2.17. The van der Waals surface area contributed by atoms with Crippen molar-refractivity contribution in [2.24, 2.45) is 0 Å². The monoisotopic (exact) mass is 326 g/mol. The molecule has 24 heavy (non-hydrogen) atoms. The quantitative estimate of drug-likeness (QED) is 0.526. The first kappa shape index (κ1) is 15.9. The molecular weight excluding hydrogens is 308 g/mol. The van der Waals surface area contributed by atoms with E-state index in [1.54, 1.807) is 24.3 Å². The van der Waals surface area contributed by atoms with Gasteiger partial charge in [-0.1, -0.05) is 18.2 Å². The lowest BCUT2D eigenvalue weighted by molar-refractivity contribution is 0.0308. The van der Waals surface area contributed by atoms with E-state index in [4.69, 9.17) is 15.2 Å². The number of carbonyl (C=O) groups excluding carboxylic acids is 1. The van der Waals surface area contributed by atoms with Crippen LogP contribution in [0.5, 0.6) is 0 Å². The van der Waals surface area contributed by atoms with Crippen LogP contribution in [-0.2, 0) is 16.0 Å². The number of fused-ring (bicyclic) bond motifs is 1. The number of anilines is 1. The third-order valence-electron chi connectivity index (χ3n) is 3.53. The molecule has 0 aliphatic rings. The number of hydrogen-bond acceptors (Lipinski definition) is 6. The highest BCUT2D eigenvalue weighted by molar-refractivity contribution is 5.89. The molecular formula is C17H18N4O3. The van der Waals surface area contributed by atoms with Crippen LogP contribution in [0, 0.1) is 0 Å². The summed E-state index contributed by atoms with van der Waals surface area (Å²) in [7, 11) is 0. The molecule has 0 atom stereocenters. The summed E-state index contributed by atoms with van der Waals surface area (Å²) < 4.78 is 12.6. The molecule has 7 nitrogen and oxygen atoms in total. The van der Waals surface area contributed by atoms with Crippen molar-refractivity contribution in [2.45, 2.75) is 6.54 Å². The number of rotatable bonds is 7. The number of carbonyl (C=O) groups is 1. The van der Waals surface area contributed by atoms with E-state index in [1.807, 2.05) is 22.9 Å². The lowest BCUT2D eigenvalue weighted by Gasteiger charge is -2.08. The second-order valence-corrected chi connectivity index (χ2v) is 5.12. The molecule has 2 N–H and O–H groups in total. The van der Waals surface area contributed by atoms with E-state index < -0.39 is 0 Å². The van der Waals surface area contributed by atoms with Gasteiger partial charge in [-0.05, 0) is 18.2 Å². The topological polar surface area (TPSA) is 92.3 Å². The molecule has 0 unspecified atom stereocenters. The van der Waals surface area contributed by atoms with Crippen LogP contribution in [0.4, 0.5) is 5.82 Å². The maximum atomic E-state index is 11.7. The molecule has 7 heteroatoms. The van der Waals surface area contributed by atoms with Gasteiger partial charge in [0.15, 0.2) is 5.82 Å². The molecule has 3 aromatic rings. The van der Waals surface area contributed by atoms with Gasteiger partial charge in [-0.2, -0.15) is 0 Å². The second-order valence-electron chi connectivity index (χ2n) is 5.12. The van der Waals surface area contributed by atoms with Crippen molar-refractivity contribution in [1.82, 2.24) is 14.5 Å². The first-order chi connectivity index (χ1) is 11.8. The summed E-state index contributed by atoms with van der Waals surface area (Å²) in [5.74, 6) is 0.0994. The zero-order chi connectivity index (χ0) is 16.8. The minimum atomic E-state index is -0.347. The van der Waals surface area contributed by atoms with Crippen LogP contribution < -0.4 is 5.73 Å². The molecule has 0 saturated carbocycles. The largest absolute Gasteiger partial charge is 0.460 e. The Morgan fingerprint density at radius 1 is 1.08 bits per heavy atom. The van der Waals surface area contributed by atoms with Crippen molar-refractivity contribution in [2.75, 3.05) is 25.6 Å². The van der Waals surface area contributed by atoms with Crippen LogP contribution in [0.1, 0.15) is 10.4 Å². The predicted molar refractivity (Wildman–Crippen MR) is 89.5 cm³/mol. The molecule has 124 valence electrons. The number of hydrogen-bond donors (Lipinski definition) is 1. The summed E-state index contributed by atoms with van der Waals surface area (Å²) in [6.45, 7) is 1.64. The van der Waals surface area contributed by atoms with Gasteiger partial charge >= 0.3 is 5.97 Å². The number of nitrogens with two attached hydrogens (primary N) is 1. The van der Waals surface area contributed by atoms with Gasteiger partial charge in [-0.25, -0.2) is 14.8 Å². The first-order valence-electron chi connectivity index (χ1n) is 7.61. The van der Waals surface area contributed by atoms with E-state index in [1.165, 1.54) is 6.33 Å². The molecule has 1 aromatic carbocycles. The highest BCUT2D eigenvalue weighted by atomic mass is 16.6. The van der Waals surface area contributed by atoms with Gasteiger partial charge in [0.1, 0.15) is 18.5 Å². The third kappa shape index (κ3) is 3.69. The number of aromatic nitrogens is 3. The third-order valence-corrected chi connectivity index (χ3v) is 3.53. The standard InChI is InChI=1S/C17H18N4O3/c18-16-15-14(19-12-20-16)6-7-21(15)8-9-23-10-11-24-17(22)13-4-2-1-3-5-13/h1-7,12H,8-11H2,(H2,18,19,20). The molecule has 0 aliphatic heterocycles. The molecule has 0 spiro atoms. The second kappa shape index (κ2) is 7.56. The van der Waals surface area contributed by atoms with E-state index in [2.05, 4.69) is 9.97 Å². The zero-order valence-corrected chi connectivity index (χ0v) is 13.1. The maximum absolute atomic E-state index is 11.7. The number of ether oxygens (including phenoxy) is 2. The van der Waals surface area contributed by atoms with E-state index in [-0.39, 0.29) is 12.6 Å². The predicted octanol–water partition coefficient (Wildman–Crippen LogP) is 1.89. The fourth-order valence-corrected chi connectivity index (χ4v) is 2.36. The summed E-state index contributed by atoms with van der Waals surface area (Å²) in [4.78, 5) is 19.9. The fraction of sp³-hybridized carbons (Fsp3) is 0.235. The van der Waals surface area contributed by atoms with E-state index in [0.29, 0.717) is 31.1 Å². The van der Waals surface area contributed by atoms with Crippen molar-refractivity contribution in [1.29, 1.82) is 0 Å². The van der Waals surface area contributed by atoms with Gasteiger partial charge in [0.25, 0.3) is 0 Å². The molecule has 0 fully saturated rings. The van der Waals surface area contributed by atoms with Gasteiger partial charge in [0.2, 0.25) is 0 Å². The Labute approximate surface area is 139 Å². The van der Waals surface area contributed by atoms with Gasteiger partial charge in [0, 0.05) is 12.7 Å². The minimum Gasteiger partial charge on any atom is -0.460 e. The Hall–Kier alpha value is -2.93. The molecule has 0 saturated heterocycles. The summed E-state index contributed by atoms with van der Waals surface area (Å²) in [5.41, 5.74) is 8.01. The van der Waals surface area contributed by atoms with Crippen LogP contribution in [-0.4, -0.2) is 40.3 Å². The van der Waals surface area contributed by atoms with Gasteiger partial charge < -0.3 is 19.8 Å². The van der Waals surface area contributed by atoms with Crippen LogP contribution in [0.15, 0.2) is 48.9 Å². The molecule has 2 aromatic heterocycles. The molecule has 0 radical (unpaired) electrons. The maximum Gasteiger partial charge on any atom is 0.338 e. The molecule has 0 amide bonds. The smallest absolute Gasteiger partial charge is 0.338 e. The Morgan fingerprint density at radius 3 is 2.75 bits per heavy atom. The number of nitrogens with zero attached hydrogens (tertiary/aromatic N) is 3. The zero-order valence-electron chi connectivity index (χ0n) is 13.1. The fourth-order valence-electron chi connectivity index (χ4n) is 2.36. The van der Waals surface area contributed by atoms with E-state index in [9.17, 15) is 4.79 Å². The van der Waals surface area contributed by atoms with Crippen molar-refractivity contribution in [3.05, 3.63) is 54.5 Å². The molecule has 3 rings (SSSR count). The van der Waals surface area contributed by atoms with E-state index in [0.717, 1.165) is 11.0 Å². The number of esters is 1. The van der Waals surface area contributed by atoms with E-state index >= 15 is 0 Å². The van der Waals surface area contributed by atoms with Gasteiger partial charge in [-0.15, -0.1) is 0 Å². The molecule has 0 bridgehead atoms. The van der Waals surface area contributed by atoms with Crippen molar-refractivity contribution in [3.8, 4) is 0 Å². The summed E-state index contributed by atoms with van der Waals surface area (Å²) in [5, 5.41) is 0. The van der Waals surface area contributed by atoms with Crippen LogP contribution in [0.25, 0.3) is 11.0 Å². The number of nitrogen functional groups attached to an aromatic ring is 1. The normalized spacial score (nSPS) is 10.8. The van der Waals surface area contributed by atoms with Crippen molar-refractivity contribution in [3.63, 3.8) is 0 Å². The van der Waals surface area contributed by atoms with Gasteiger partial charge in [0.05, 0.1) is 24.3 Å². The Balaban J connectivity index is 1.40. The van der Waals surface area contributed by atoms with Crippen molar-refractivity contribution >= 4 is 22.8 Å². The Bertz CT molecular complexity index is 817. The van der Waals surface area contributed by atoms with Gasteiger partial charge in [-0.3, -0.25) is 0 Å². The Kier molecular flexibility index (Phi) is 5.02. The average Bonchev–Trinajstić information content (AvgIpc) is 3.03. The summed E-state index contributed by atoms with van der Waals surface area (Å²) in [6.07, 6.45) is 3.34. The lowest BCUT2D eigenvalue weighted by atomic mass is 10.2. The SMILES string of the molecule is Nc1ncnc2ccn(CCOCCOC(=O)c3ccccc3)c12. The lowest BCUT2D eigenvalue weighted by Crippen LogP contribution is -2.13.